The summed E-state index contributed by atoms with van der Waals surface area (Å²) in [5.74, 6) is 0.836. The van der Waals surface area contributed by atoms with Crippen molar-refractivity contribution in [1.29, 1.82) is 0 Å². The van der Waals surface area contributed by atoms with Crippen LogP contribution in [0.4, 0.5) is 0 Å². The molecule has 5 nitrogen and oxygen atoms in total. The molecule has 0 heterocycles. The van der Waals surface area contributed by atoms with Gasteiger partial charge >= 0.3 is 0 Å². The van der Waals surface area contributed by atoms with Crippen LogP contribution in [0.15, 0.2) is 4.99 Å². The van der Waals surface area contributed by atoms with Gasteiger partial charge in [-0.05, 0) is 20.3 Å². The summed E-state index contributed by atoms with van der Waals surface area (Å²) >= 11 is 0. The fourth-order valence-corrected chi connectivity index (χ4v) is 1.24. The largest absolute Gasteiger partial charge is 0.385 e. The third-order valence-electron chi connectivity index (χ3n) is 1.92. The maximum atomic E-state index is 5.06. The predicted octanol–water partition coefficient (Wildman–Crippen LogP) is 0.613. The number of aliphatic imine (C=N–C) groups is 1. The first-order valence-corrected chi connectivity index (χ1v) is 5.77. The zero-order chi connectivity index (χ0) is 12.2. The van der Waals surface area contributed by atoms with E-state index in [1.807, 2.05) is 6.92 Å². The van der Waals surface area contributed by atoms with E-state index >= 15 is 0 Å². The molecule has 0 aliphatic rings. The number of hydrogen-bond donors (Lipinski definition) is 2. The fraction of sp³-hybridized carbons (Fsp3) is 0.909. The van der Waals surface area contributed by atoms with E-state index in [0.717, 1.165) is 32.1 Å². The number of ether oxygens (including phenoxy) is 2. The Balaban J connectivity index is 3.93. The average Bonchev–Trinajstić information content (AvgIpc) is 2.25. The van der Waals surface area contributed by atoms with Crippen LogP contribution in [0.1, 0.15) is 20.3 Å². The van der Waals surface area contributed by atoms with Crippen molar-refractivity contribution in [3.8, 4) is 0 Å². The third kappa shape index (κ3) is 8.49. The first kappa shape index (κ1) is 15.2. The SMILES string of the molecule is CCNC(=NCCCOC)NC(C)COC. The molecule has 1 atom stereocenters. The van der Waals surface area contributed by atoms with Crippen LogP contribution in [-0.4, -0.2) is 52.5 Å². The molecule has 0 spiro atoms. The summed E-state index contributed by atoms with van der Waals surface area (Å²) < 4.78 is 10.0. The third-order valence-corrected chi connectivity index (χ3v) is 1.92. The molecule has 0 aliphatic carbocycles. The quantitative estimate of drug-likeness (QED) is 0.365. The topological polar surface area (TPSA) is 54.9 Å². The first-order chi connectivity index (χ1) is 7.74. The van der Waals surface area contributed by atoms with Crippen LogP contribution < -0.4 is 10.6 Å². The Hall–Kier alpha value is -0.810. The molecule has 0 rings (SSSR count). The smallest absolute Gasteiger partial charge is 0.191 e. The zero-order valence-electron chi connectivity index (χ0n) is 10.9. The second kappa shape index (κ2) is 10.7. The monoisotopic (exact) mass is 231 g/mol. The highest BCUT2D eigenvalue weighted by molar-refractivity contribution is 5.80. The molecule has 0 saturated heterocycles. The van der Waals surface area contributed by atoms with E-state index in [9.17, 15) is 0 Å². The van der Waals surface area contributed by atoms with Gasteiger partial charge in [0.15, 0.2) is 5.96 Å². The molecule has 0 amide bonds. The van der Waals surface area contributed by atoms with Crippen molar-refractivity contribution in [2.45, 2.75) is 26.3 Å². The highest BCUT2D eigenvalue weighted by Gasteiger charge is 2.03. The van der Waals surface area contributed by atoms with Crippen LogP contribution in [0.3, 0.4) is 0 Å². The molecule has 96 valence electrons. The maximum Gasteiger partial charge on any atom is 0.191 e. The van der Waals surface area contributed by atoms with Gasteiger partial charge in [0.2, 0.25) is 0 Å². The van der Waals surface area contributed by atoms with Gasteiger partial charge in [0.05, 0.1) is 6.61 Å². The molecule has 16 heavy (non-hydrogen) atoms. The number of hydrogen-bond acceptors (Lipinski definition) is 3. The van der Waals surface area contributed by atoms with Crippen molar-refractivity contribution in [2.75, 3.05) is 40.5 Å². The molecule has 0 aliphatic heterocycles. The van der Waals surface area contributed by atoms with Crippen LogP contribution in [0.2, 0.25) is 0 Å². The molecule has 0 aromatic heterocycles. The molecule has 5 heteroatoms. The second-order valence-electron chi connectivity index (χ2n) is 3.61. The lowest BCUT2D eigenvalue weighted by atomic mass is 10.4. The molecular formula is C11H25N3O2. The van der Waals surface area contributed by atoms with Crippen LogP contribution in [0.5, 0.6) is 0 Å². The lowest BCUT2D eigenvalue weighted by molar-refractivity contribution is 0.179. The molecule has 1 unspecified atom stereocenters. The van der Waals surface area contributed by atoms with Gasteiger partial charge in [-0.3, -0.25) is 4.99 Å². The van der Waals surface area contributed by atoms with Gasteiger partial charge in [0.25, 0.3) is 0 Å². The average molecular weight is 231 g/mol. The van der Waals surface area contributed by atoms with Crippen molar-refractivity contribution >= 4 is 5.96 Å². The molecule has 0 bridgehead atoms. The van der Waals surface area contributed by atoms with E-state index in [2.05, 4.69) is 22.5 Å². The van der Waals surface area contributed by atoms with Crippen LogP contribution in [-0.2, 0) is 9.47 Å². The molecule has 0 aromatic carbocycles. The van der Waals surface area contributed by atoms with Gasteiger partial charge < -0.3 is 20.1 Å². The van der Waals surface area contributed by atoms with Crippen molar-refractivity contribution in [3.63, 3.8) is 0 Å². The summed E-state index contributed by atoms with van der Waals surface area (Å²) in [5.41, 5.74) is 0. The minimum absolute atomic E-state index is 0.255. The van der Waals surface area contributed by atoms with Gasteiger partial charge in [-0.15, -0.1) is 0 Å². The Morgan fingerprint density at radius 3 is 2.62 bits per heavy atom. The molecule has 0 aromatic rings. The molecule has 2 N–H and O–H groups in total. The summed E-state index contributed by atoms with van der Waals surface area (Å²) in [6, 6.07) is 0.255. The van der Waals surface area contributed by atoms with E-state index in [-0.39, 0.29) is 6.04 Å². The minimum atomic E-state index is 0.255. The number of methoxy groups -OCH3 is 2. The van der Waals surface area contributed by atoms with Crippen LogP contribution in [0.25, 0.3) is 0 Å². The maximum absolute atomic E-state index is 5.06. The summed E-state index contributed by atoms with van der Waals surface area (Å²) in [4.78, 5) is 4.43. The van der Waals surface area contributed by atoms with Gasteiger partial charge in [0, 0.05) is 40.0 Å². The Bertz CT molecular complexity index is 186. The molecule has 0 radical (unpaired) electrons. The summed E-state index contributed by atoms with van der Waals surface area (Å²) in [7, 11) is 3.40. The molecular weight excluding hydrogens is 206 g/mol. The lowest BCUT2D eigenvalue weighted by Crippen LogP contribution is -2.44. The van der Waals surface area contributed by atoms with Crippen molar-refractivity contribution < 1.29 is 9.47 Å². The number of rotatable bonds is 8. The standard InChI is InChI=1S/C11H25N3O2/c1-5-12-11(13-7-6-8-15-3)14-10(2)9-16-4/h10H,5-9H2,1-4H3,(H2,12,13,14). The van der Waals surface area contributed by atoms with E-state index < -0.39 is 0 Å². The van der Waals surface area contributed by atoms with Crippen LogP contribution >= 0.6 is 0 Å². The van der Waals surface area contributed by atoms with E-state index in [1.165, 1.54) is 0 Å². The fourth-order valence-electron chi connectivity index (χ4n) is 1.24. The number of nitrogens with one attached hydrogen (secondary N) is 2. The Kier molecular flexibility index (Phi) is 10.2. The van der Waals surface area contributed by atoms with Gasteiger partial charge in [-0.2, -0.15) is 0 Å². The normalized spacial score (nSPS) is 13.6. The summed E-state index contributed by atoms with van der Waals surface area (Å²) in [6.45, 7) is 7.15. The minimum Gasteiger partial charge on any atom is -0.385 e. The predicted molar refractivity (Wildman–Crippen MR) is 66.9 cm³/mol. The van der Waals surface area contributed by atoms with E-state index in [0.29, 0.717) is 6.61 Å². The number of guanidine groups is 1. The summed E-state index contributed by atoms with van der Waals surface area (Å²) in [5, 5.41) is 6.46. The van der Waals surface area contributed by atoms with Crippen LogP contribution in [0, 0.1) is 0 Å². The highest BCUT2D eigenvalue weighted by Crippen LogP contribution is 1.86. The Labute approximate surface area is 98.6 Å². The van der Waals surface area contributed by atoms with E-state index in [1.54, 1.807) is 14.2 Å². The van der Waals surface area contributed by atoms with Crippen molar-refractivity contribution in [3.05, 3.63) is 0 Å². The van der Waals surface area contributed by atoms with Gasteiger partial charge in [0.1, 0.15) is 0 Å². The summed E-state index contributed by atoms with van der Waals surface area (Å²) in [6.07, 6.45) is 0.936. The van der Waals surface area contributed by atoms with E-state index in [4.69, 9.17) is 9.47 Å². The Morgan fingerprint density at radius 1 is 1.31 bits per heavy atom. The van der Waals surface area contributed by atoms with Gasteiger partial charge in [-0.25, -0.2) is 0 Å². The molecule has 0 fully saturated rings. The second-order valence-corrected chi connectivity index (χ2v) is 3.61. The number of nitrogens with zero attached hydrogens (tertiary/aromatic N) is 1. The molecule has 0 saturated carbocycles. The van der Waals surface area contributed by atoms with Gasteiger partial charge in [-0.1, -0.05) is 0 Å². The lowest BCUT2D eigenvalue weighted by Gasteiger charge is -2.16. The Morgan fingerprint density at radius 2 is 2.06 bits per heavy atom. The van der Waals surface area contributed by atoms with Crippen molar-refractivity contribution in [1.82, 2.24) is 10.6 Å². The zero-order valence-corrected chi connectivity index (χ0v) is 10.9. The van der Waals surface area contributed by atoms with Crippen molar-refractivity contribution in [2.24, 2.45) is 4.99 Å². The first-order valence-electron chi connectivity index (χ1n) is 5.77. The highest BCUT2D eigenvalue weighted by atomic mass is 16.5.